The van der Waals surface area contributed by atoms with Crippen LogP contribution in [-0.2, 0) is 17.5 Å². The van der Waals surface area contributed by atoms with Gasteiger partial charge in [0, 0.05) is 0 Å². The molecule has 2 aromatic heterocycles. The predicted octanol–water partition coefficient (Wildman–Crippen LogP) is 4.81. The molecule has 0 aliphatic carbocycles. The number of nitrogens with zero attached hydrogens (tertiary/aromatic N) is 5. The molecule has 0 saturated carbocycles. The van der Waals surface area contributed by atoms with Gasteiger partial charge >= 0.3 is 6.18 Å². The van der Waals surface area contributed by atoms with E-state index in [9.17, 15) is 22.4 Å². The summed E-state index contributed by atoms with van der Waals surface area (Å²) in [6.45, 7) is 0.298. The molecule has 0 radical (unpaired) electrons. The summed E-state index contributed by atoms with van der Waals surface area (Å²) in [4.78, 5) is 20.6. The summed E-state index contributed by atoms with van der Waals surface area (Å²) in [6.07, 6.45) is -3.28. The maximum atomic E-state index is 13.1. The standard InChI is InChI=1S/C20H13ClF4N6OS/c21-14-6-3-12(20(23,24)25)7-15(14)28-16(32)9-33-19-17-18(26-10-27-19)31(30-29-17)8-11-1-4-13(22)5-2-11/h1-7,10H,8-9H2,(H,28,32). The smallest absolute Gasteiger partial charge is 0.324 e. The minimum atomic E-state index is -4.56. The highest BCUT2D eigenvalue weighted by Gasteiger charge is 2.31. The number of hydrogen-bond acceptors (Lipinski definition) is 6. The van der Waals surface area contributed by atoms with Gasteiger partial charge in [-0.05, 0) is 35.9 Å². The van der Waals surface area contributed by atoms with Crippen LogP contribution in [0.4, 0.5) is 23.2 Å². The van der Waals surface area contributed by atoms with E-state index in [1.807, 2.05) is 0 Å². The van der Waals surface area contributed by atoms with E-state index in [0.717, 1.165) is 35.5 Å². The third-order valence-electron chi connectivity index (χ3n) is 4.42. The minimum Gasteiger partial charge on any atom is -0.324 e. The number of hydrogen-bond donors (Lipinski definition) is 1. The lowest BCUT2D eigenvalue weighted by atomic mass is 10.2. The number of aromatic nitrogens is 5. The number of halogens is 5. The SMILES string of the molecule is O=C(CSc1ncnc2c1nnn2Cc1ccc(F)cc1)Nc1cc(C(F)(F)F)ccc1Cl. The number of carbonyl (C=O) groups is 1. The van der Waals surface area contributed by atoms with Gasteiger partial charge in [0.25, 0.3) is 0 Å². The Balaban J connectivity index is 1.46. The number of alkyl halides is 3. The van der Waals surface area contributed by atoms with Crippen molar-refractivity contribution in [3.05, 3.63) is 70.8 Å². The van der Waals surface area contributed by atoms with Crippen LogP contribution in [0.2, 0.25) is 5.02 Å². The second-order valence-electron chi connectivity index (χ2n) is 6.75. The molecule has 4 rings (SSSR count). The second-order valence-corrected chi connectivity index (χ2v) is 8.13. The molecule has 2 aromatic carbocycles. The second kappa shape index (κ2) is 9.32. The molecule has 0 fully saturated rings. The summed E-state index contributed by atoms with van der Waals surface area (Å²) >= 11 is 6.93. The third-order valence-corrected chi connectivity index (χ3v) is 5.73. The first-order valence-corrected chi connectivity index (χ1v) is 10.6. The van der Waals surface area contributed by atoms with Crippen molar-refractivity contribution in [3.63, 3.8) is 0 Å². The van der Waals surface area contributed by atoms with E-state index in [-0.39, 0.29) is 22.3 Å². The van der Waals surface area contributed by atoms with Crippen LogP contribution in [0.3, 0.4) is 0 Å². The van der Waals surface area contributed by atoms with Gasteiger partial charge in [0.05, 0.1) is 28.6 Å². The van der Waals surface area contributed by atoms with Crippen LogP contribution >= 0.6 is 23.4 Å². The van der Waals surface area contributed by atoms with E-state index in [0.29, 0.717) is 22.7 Å². The molecule has 0 spiro atoms. The van der Waals surface area contributed by atoms with Gasteiger partial charge in [0.15, 0.2) is 11.2 Å². The van der Waals surface area contributed by atoms with Gasteiger partial charge < -0.3 is 5.32 Å². The first-order valence-electron chi connectivity index (χ1n) is 9.29. The largest absolute Gasteiger partial charge is 0.416 e. The molecule has 0 bridgehead atoms. The lowest BCUT2D eigenvalue weighted by molar-refractivity contribution is -0.137. The van der Waals surface area contributed by atoms with Crippen LogP contribution in [0.1, 0.15) is 11.1 Å². The minimum absolute atomic E-state index is 0.0190. The fraction of sp³-hybridized carbons (Fsp3) is 0.150. The molecule has 0 aliphatic rings. The van der Waals surface area contributed by atoms with Crippen molar-refractivity contribution in [2.45, 2.75) is 17.7 Å². The van der Waals surface area contributed by atoms with E-state index in [1.54, 1.807) is 12.1 Å². The van der Waals surface area contributed by atoms with E-state index in [1.165, 1.54) is 23.1 Å². The number of nitrogens with one attached hydrogen (secondary N) is 1. The average molecular weight is 497 g/mol. The van der Waals surface area contributed by atoms with Gasteiger partial charge in [0.1, 0.15) is 17.2 Å². The zero-order valence-electron chi connectivity index (χ0n) is 16.5. The molecule has 0 atom stereocenters. The van der Waals surface area contributed by atoms with Crippen LogP contribution < -0.4 is 5.32 Å². The van der Waals surface area contributed by atoms with Gasteiger partial charge in [-0.3, -0.25) is 4.79 Å². The summed E-state index contributed by atoms with van der Waals surface area (Å²) in [5.41, 5.74) is 0.487. The number of amides is 1. The van der Waals surface area contributed by atoms with Crippen molar-refractivity contribution in [1.82, 2.24) is 25.0 Å². The molecule has 1 N–H and O–H groups in total. The van der Waals surface area contributed by atoms with Gasteiger partial charge in [-0.2, -0.15) is 13.2 Å². The molecule has 7 nitrogen and oxygen atoms in total. The van der Waals surface area contributed by atoms with E-state index in [4.69, 9.17) is 11.6 Å². The Bertz CT molecular complexity index is 1310. The number of thioether (sulfide) groups is 1. The molecule has 1 amide bonds. The lowest BCUT2D eigenvalue weighted by Crippen LogP contribution is -2.15. The Morgan fingerprint density at radius 1 is 1.12 bits per heavy atom. The van der Waals surface area contributed by atoms with Crippen molar-refractivity contribution >= 4 is 46.1 Å². The average Bonchev–Trinajstić information content (AvgIpc) is 3.18. The maximum Gasteiger partial charge on any atom is 0.416 e. The van der Waals surface area contributed by atoms with Crippen LogP contribution in [0, 0.1) is 5.82 Å². The fourth-order valence-electron chi connectivity index (χ4n) is 2.86. The first-order chi connectivity index (χ1) is 15.7. The molecule has 170 valence electrons. The van der Waals surface area contributed by atoms with Crippen LogP contribution in [0.15, 0.2) is 53.8 Å². The van der Waals surface area contributed by atoms with Crippen molar-refractivity contribution in [2.24, 2.45) is 0 Å². The van der Waals surface area contributed by atoms with Crippen molar-refractivity contribution in [1.29, 1.82) is 0 Å². The Hall–Kier alpha value is -3.25. The highest BCUT2D eigenvalue weighted by Crippen LogP contribution is 2.34. The summed E-state index contributed by atoms with van der Waals surface area (Å²) in [5, 5.41) is 10.8. The molecule has 13 heteroatoms. The number of benzene rings is 2. The monoisotopic (exact) mass is 496 g/mol. The Labute approximate surface area is 193 Å². The fourth-order valence-corrected chi connectivity index (χ4v) is 3.76. The lowest BCUT2D eigenvalue weighted by Gasteiger charge is -2.11. The highest BCUT2D eigenvalue weighted by molar-refractivity contribution is 8.00. The zero-order chi connectivity index (χ0) is 23.6. The van der Waals surface area contributed by atoms with Gasteiger partial charge in [-0.25, -0.2) is 19.0 Å². The summed E-state index contributed by atoms with van der Waals surface area (Å²) in [7, 11) is 0. The molecular weight excluding hydrogens is 484 g/mol. The zero-order valence-corrected chi connectivity index (χ0v) is 18.0. The summed E-state index contributed by atoms with van der Waals surface area (Å²) < 4.78 is 53.3. The summed E-state index contributed by atoms with van der Waals surface area (Å²) in [6, 6.07) is 8.57. The van der Waals surface area contributed by atoms with Crippen molar-refractivity contribution < 1.29 is 22.4 Å². The topological polar surface area (TPSA) is 85.6 Å². The number of anilines is 1. The maximum absolute atomic E-state index is 13.1. The third kappa shape index (κ3) is 5.40. The number of carbonyl (C=O) groups excluding carboxylic acids is 1. The van der Waals surface area contributed by atoms with E-state index >= 15 is 0 Å². The predicted molar refractivity (Wildman–Crippen MR) is 114 cm³/mol. The Morgan fingerprint density at radius 2 is 1.88 bits per heavy atom. The number of fused-ring (bicyclic) bond motifs is 1. The van der Waals surface area contributed by atoms with Crippen LogP contribution in [0.5, 0.6) is 0 Å². The van der Waals surface area contributed by atoms with E-state index in [2.05, 4.69) is 25.6 Å². The first kappa shape index (κ1) is 22.9. The molecule has 2 heterocycles. The Kier molecular flexibility index (Phi) is 6.47. The molecule has 0 unspecified atom stereocenters. The van der Waals surface area contributed by atoms with Crippen molar-refractivity contribution in [2.75, 3.05) is 11.1 Å². The highest BCUT2D eigenvalue weighted by atomic mass is 35.5. The molecular formula is C20H13ClF4N6OS. The molecule has 0 saturated heterocycles. The van der Waals surface area contributed by atoms with Gasteiger partial charge in [-0.15, -0.1) is 5.10 Å². The van der Waals surface area contributed by atoms with Crippen LogP contribution in [0.25, 0.3) is 11.2 Å². The van der Waals surface area contributed by atoms with E-state index < -0.39 is 17.6 Å². The molecule has 4 aromatic rings. The van der Waals surface area contributed by atoms with Gasteiger partial charge in [0.2, 0.25) is 5.91 Å². The van der Waals surface area contributed by atoms with Crippen LogP contribution in [-0.4, -0.2) is 36.6 Å². The number of rotatable bonds is 6. The van der Waals surface area contributed by atoms with Crippen molar-refractivity contribution in [3.8, 4) is 0 Å². The Morgan fingerprint density at radius 3 is 2.61 bits per heavy atom. The quantitative estimate of drug-likeness (QED) is 0.234. The summed E-state index contributed by atoms with van der Waals surface area (Å²) in [5.74, 6) is -1.09. The normalized spacial score (nSPS) is 11.7. The molecule has 33 heavy (non-hydrogen) atoms. The van der Waals surface area contributed by atoms with Gasteiger partial charge in [-0.1, -0.05) is 40.7 Å². The molecule has 0 aliphatic heterocycles.